The van der Waals surface area contributed by atoms with Crippen LogP contribution in [-0.2, 0) is 9.53 Å². The minimum absolute atomic E-state index is 0.211. The Morgan fingerprint density at radius 2 is 2.33 bits per heavy atom. The van der Waals surface area contributed by atoms with Crippen LogP contribution in [0.15, 0.2) is 11.6 Å². The Morgan fingerprint density at radius 1 is 1.73 bits per heavy atom. The van der Waals surface area contributed by atoms with E-state index in [-0.39, 0.29) is 12.0 Å². The quantitative estimate of drug-likeness (QED) is 0.674. The zero-order chi connectivity index (χ0) is 11.7. The third kappa shape index (κ3) is 6.25. The lowest BCUT2D eigenvalue weighted by molar-refractivity contribution is -0.136. The van der Waals surface area contributed by atoms with Crippen molar-refractivity contribution in [3.63, 3.8) is 0 Å². The summed E-state index contributed by atoms with van der Waals surface area (Å²) in [6.45, 7) is 2.25. The van der Waals surface area contributed by atoms with Gasteiger partial charge < -0.3 is 15.6 Å². The van der Waals surface area contributed by atoms with Crippen LogP contribution < -0.4 is 5.73 Å². The summed E-state index contributed by atoms with van der Waals surface area (Å²) in [5.41, 5.74) is 6.41. The zero-order valence-corrected chi connectivity index (χ0v) is 9.53. The highest BCUT2D eigenvalue weighted by Crippen LogP contribution is 2.17. The van der Waals surface area contributed by atoms with Crippen LogP contribution in [0.25, 0.3) is 0 Å². The summed E-state index contributed by atoms with van der Waals surface area (Å²) in [6, 6.07) is 0.225. The van der Waals surface area contributed by atoms with E-state index in [4.69, 9.17) is 10.8 Å². The van der Waals surface area contributed by atoms with E-state index in [0.717, 1.165) is 31.3 Å². The molecule has 0 saturated heterocycles. The first-order valence-corrected chi connectivity index (χ1v) is 5.29. The maximum absolute atomic E-state index is 10.9. The first-order valence-electron chi connectivity index (χ1n) is 5.29. The second-order valence-corrected chi connectivity index (χ2v) is 3.48. The molecule has 1 aliphatic rings. The number of carbonyl (C=O) groups excluding carboxylic acids is 1. The Kier molecular flexibility index (Phi) is 7.95. The summed E-state index contributed by atoms with van der Waals surface area (Å²) in [5.74, 6) is -0.211. The molecule has 88 valence electrons. The number of hydrogen-bond donors (Lipinski definition) is 2. The Hall–Kier alpha value is -0.870. The van der Waals surface area contributed by atoms with Gasteiger partial charge in [-0.3, -0.25) is 0 Å². The van der Waals surface area contributed by atoms with Crippen LogP contribution in [0.1, 0.15) is 32.6 Å². The van der Waals surface area contributed by atoms with Crippen molar-refractivity contribution >= 4 is 5.97 Å². The van der Waals surface area contributed by atoms with Gasteiger partial charge in [0.05, 0.1) is 7.11 Å². The molecule has 3 N–H and O–H groups in total. The third-order valence-corrected chi connectivity index (χ3v) is 2.12. The molecule has 0 spiro atoms. The summed E-state index contributed by atoms with van der Waals surface area (Å²) >= 11 is 0. The molecular formula is C11H21NO3. The van der Waals surface area contributed by atoms with Crippen LogP contribution in [-0.4, -0.2) is 30.8 Å². The smallest absolute Gasteiger partial charge is 0.333 e. The summed E-state index contributed by atoms with van der Waals surface area (Å²) in [5, 5.41) is 7.88. The average molecular weight is 215 g/mol. The van der Waals surface area contributed by atoms with Crippen molar-refractivity contribution in [3.05, 3.63) is 11.6 Å². The van der Waals surface area contributed by atoms with Crippen molar-refractivity contribution in [1.29, 1.82) is 0 Å². The van der Waals surface area contributed by atoms with E-state index in [9.17, 15) is 4.79 Å². The molecule has 1 unspecified atom stereocenters. The lowest BCUT2D eigenvalue weighted by Gasteiger charge is -2.16. The van der Waals surface area contributed by atoms with Crippen molar-refractivity contribution in [2.75, 3.05) is 13.7 Å². The topological polar surface area (TPSA) is 72.5 Å². The number of aliphatic hydroxyl groups excluding tert-OH is 1. The maximum atomic E-state index is 10.9. The van der Waals surface area contributed by atoms with Gasteiger partial charge in [0, 0.05) is 18.2 Å². The van der Waals surface area contributed by atoms with Crippen LogP contribution in [0.2, 0.25) is 0 Å². The van der Waals surface area contributed by atoms with E-state index in [2.05, 4.69) is 4.74 Å². The molecule has 1 aliphatic carbocycles. The number of esters is 1. The Labute approximate surface area is 91.1 Å². The molecule has 0 aromatic heterocycles. The largest absolute Gasteiger partial charge is 0.466 e. The highest BCUT2D eigenvalue weighted by Gasteiger charge is 2.15. The molecule has 0 aromatic carbocycles. The van der Waals surface area contributed by atoms with Crippen LogP contribution in [0.5, 0.6) is 0 Å². The van der Waals surface area contributed by atoms with Crippen LogP contribution >= 0.6 is 0 Å². The molecule has 0 bridgehead atoms. The lowest BCUT2D eigenvalue weighted by atomic mass is 9.96. The van der Waals surface area contributed by atoms with Gasteiger partial charge >= 0.3 is 5.97 Å². The normalized spacial score (nSPS) is 19.7. The van der Waals surface area contributed by atoms with Gasteiger partial charge in [0.25, 0.3) is 0 Å². The van der Waals surface area contributed by atoms with Crippen molar-refractivity contribution < 1.29 is 14.6 Å². The Balaban J connectivity index is 0.000000423. The monoisotopic (exact) mass is 215 g/mol. The summed E-state index contributed by atoms with van der Waals surface area (Å²) < 4.78 is 4.58. The number of aliphatic hydroxyl groups is 1. The molecule has 0 fully saturated rings. The molecule has 0 radical (unpaired) electrons. The molecule has 0 amide bonds. The van der Waals surface area contributed by atoms with Crippen LogP contribution in [0.3, 0.4) is 0 Å². The van der Waals surface area contributed by atoms with Gasteiger partial charge in [-0.15, -0.1) is 0 Å². The van der Waals surface area contributed by atoms with Gasteiger partial charge in [0.2, 0.25) is 0 Å². The fourth-order valence-electron chi connectivity index (χ4n) is 1.17. The zero-order valence-electron chi connectivity index (χ0n) is 9.53. The van der Waals surface area contributed by atoms with Gasteiger partial charge in [-0.05, 0) is 25.7 Å². The van der Waals surface area contributed by atoms with Gasteiger partial charge in [-0.25, -0.2) is 4.79 Å². The summed E-state index contributed by atoms with van der Waals surface area (Å²) in [6.07, 6.45) is 5.19. The summed E-state index contributed by atoms with van der Waals surface area (Å²) in [4.78, 5) is 10.9. The molecule has 0 aromatic rings. The van der Waals surface area contributed by atoms with E-state index in [0.29, 0.717) is 6.61 Å². The van der Waals surface area contributed by atoms with E-state index in [1.165, 1.54) is 7.11 Å². The highest BCUT2D eigenvalue weighted by atomic mass is 16.5. The Bertz CT molecular complexity index is 212. The number of carbonyl (C=O) groups is 1. The van der Waals surface area contributed by atoms with Gasteiger partial charge in [-0.2, -0.15) is 0 Å². The second kappa shape index (κ2) is 8.44. The van der Waals surface area contributed by atoms with Gasteiger partial charge in [0.15, 0.2) is 0 Å². The first kappa shape index (κ1) is 14.1. The fraction of sp³-hybridized carbons (Fsp3) is 0.727. The number of hydrogen-bond acceptors (Lipinski definition) is 4. The number of methoxy groups -OCH3 is 1. The Morgan fingerprint density at radius 3 is 2.67 bits per heavy atom. The molecule has 1 rings (SSSR count). The maximum Gasteiger partial charge on any atom is 0.333 e. The predicted octanol–water partition coefficient (Wildman–Crippen LogP) is 0.986. The molecule has 4 heteroatoms. The molecule has 0 aliphatic heterocycles. The van der Waals surface area contributed by atoms with E-state index < -0.39 is 0 Å². The molecule has 0 saturated carbocycles. The van der Waals surface area contributed by atoms with Crippen molar-refractivity contribution in [3.8, 4) is 0 Å². The average Bonchev–Trinajstić information content (AvgIpc) is 2.29. The third-order valence-electron chi connectivity index (χ3n) is 2.12. The van der Waals surface area contributed by atoms with Crippen molar-refractivity contribution in [1.82, 2.24) is 0 Å². The SMILES string of the molecule is CCCO.COC(=O)C1=CCC(N)CC1. The fourth-order valence-corrected chi connectivity index (χ4v) is 1.17. The van der Waals surface area contributed by atoms with E-state index >= 15 is 0 Å². The molecular weight excluding hydrogens is 194 g/mol. The molecule has 0 heterocycles. The van der Waals surface area contributed by atoms with E-state index in [1.54, 1.807) is 0 Å². The minimum Gasteiger partial charge on any atom is -0.466 e. The van der Waals surface area contributed by atoms with Gasteiger partial charge in [0.1, 0.15) is 0 Å². The molecule has 4 nitrogen and oxygen atoms in total. The van der Waals surface area contributed by atoms with Crippen molar-refractivity contribution in [2.24, 2.45) is 5.73 Å². The number of nitrogens with two attached hydrogens (primary N) is 1. The van der Waals surface area contributed by atoms with Crippen molar-refractivity contribution in [2.45, 2.75) is 38.6 Å². The van der Waals surface area contributed by atoms with Crippen LogP contribution in [0.4, 0.5) is 0 Å². The minimum atomic E-state index is -0.211. The highest BCUT2D eigenvalue weighted by molar-refractivity contribution is 5.88. The first-order chi connectivity index (χ1) is 7.15. The number of ether oxygens (including phenoxy) is 1. The van der Waals surface area contributed by atoms with Gasteiger partial charge in [-0.1, -0.05) is 13.0 Å². The summed E-state index contributed by atoms with van der Waals surface area (Å²) in [7, 11) is 1.40. The standard InChI is InChI=1S/C8H13NO2.C3H8O/c1-11-8(10)6-2-4-7(9)5-3-6;1-2-3-4/h2,7H,3-5,9H2,1H3;4H,2-3H2,1H3. The number of rotatable bonds is 2. The lowest BCUT2D eigenvalue weighted by Crippen LogP contribution is -2.23. The predicted molar refractivity (Wildman–Crippen MR) is 59.3 cm³/mol. The van der Waals surface area contributed by atoms with E-state index in [1.807, 2.05) is 13.0 Å². The molecule has 1 atom stereocenters. The van der Waals surface area contributed by atoms with Crippen LogP contribution in [0, 0.1) is 0 Å². The molecule has 15 heavy (non-hydrogen) atoms. The second-order valence-electron chi connectivity index (χ2n) is 3.48.